The third-order valence-corrected chi connectivity index (χ3v) is 5.24. The number of aryl methyl sites for hydroxylation is 1. The lowest BCUT2D eigenvalue weighted by atomic mass is 9.91. The molecule has 3 rings (SSSR count). The number of hydrogen-bond donors (Lipinski definition) is 1. The van der Waals surface area contributed by atoms with Gasteiger partial charge in [0.2, 0.25) is 0 Å². The van der Waals surface area contributed by atoms with E-state index in [0.717, 1.165) is 25.9 Å². The molecule has 0 bridgehead atoms. The van der Waals surface area contributed by atoms with E-state index in [2.05, 4.69) is 22.3 Å². The van der Waals surface area contributed by atoms with E-state index in [1.165, 1.54) is 10.4 Å². The van der Waals surface area contributed by atoms with Gasteiger partial charge < -0.3 is 14.7 Å². The molecule has 126 valence electrons. The average molecular weight is 335 g/mol. The van der Waals surface area contributed by atoms with Gasteiger partial charge in [-0.15, -0.1) is 11.3 Å². The second-order valence-corrected chi connectivity index (χ2v) is 7.30. The fourth-order valence-electron chi connectivity index (χ4n) is 3.14. The van der Waals surface area contributed by atoms with E-state index in [9.17, 15) is 5.11 Å². The second-order valence-electron chi connectivity index (χ2n) is 6.27. The number of aliphatic hydroxyl groups excluding tert-OH is 1. The summed E-state index contributed by atoms with van der Waals surface area (Å²) in [5, 5.41) is 16.4. The van der Waals surface area contributed by atoms with Crippen molar-refractivity contribution >= 4 is 11.3 Å². The predicted molar refractivity (Wildman–Crippen MR) is 91.6 cm³/mol. The molecular weight excluding hydrogens is 310 g/mol. The summed E-state index contributed by atoms with van der Waals surface area (Å²) in [6.45, 7) is 3.76. The number of piperidine rings is 1. The van der Waals surface area contributed by atoms with E-state index in [0.29, 0.717) is 25.7 Å². The van der Waals surface area contributed by atoms with Crippen LogP contribution >= 0.6 is 11.3 Å². The Morgan fingerprint density at radius 3 is 2.91 bits per heavy atom. The first-order valence-corrected chi connectivity index (χ1v) is 9.08. The van der Waals surface area contributed by atoms with Crippen LogP contribution in [0, 0.1) is 0 Å². The SMILES string of the molecule is Cn1cc(C2CCN(C[C@H](O)COCc3cccs3)CC2)cn1. The van der Waals surface area contributed by atoms with Gasteiger partial charge in [-0.1, -0.05) is 6.07 Å². The molecule has 23 heavy (non-hydrogen) atoms. The highest BCUT2D eigenvalue weighted by Crippen LogP contribution is 2.27. The number of aromatic nitrogens is 2. The monoisotopic (exact) mass is 335 g/mol. The maximum absolute atomic E-state index is 10.1. The third-order valence-electron chi connectivity index (χ3n) is 4.39. The maximum Gasteiger partial charge on any atom is 0.0900 e. The smallest absolute Gasteiger partial charge is 0.0900 e. The van der Waals surface area contributed by atoms with Gasteiger partial charge in [0.25, 0.3) is 0 Å². The van der Waals surface area contributed by atoms with E-state index in [1.807, 2.05) is 29.4 Å². The van der Waals surface area contributed by atoms with Crippen LogP contribution in [0.25, 0.3) is 0 Å². The molecule has 3 heterocycles. The minimum atomic E-state index is -0.412. The van der Waals surface area contributed by atoms with Gasteiger partial charge in [0, 0.05) is 24.7 Å². The lowest BCUT2D eigenvalue weighted by molar-refractivity contribution is 0.00695. The predicted octanol–water partition coefficient (Wildman–Crippen LogP) is 2.24. The molecular formula is C17H25N3O2S. The Labute approximate surface area is 141 Å². The number of thiophene rings is 1. The molecule has 0 unspecified atom stereocenters. The number of rotatable bonds is 7. The molecule has 0 radical (unpaired) electrons. The normalized spacial score (nSPS) is 18.3. The number of hydrogen-bond acceptors (Lipinski definition) is 5. The lowest BCUT2D eigenvalue weighted by Gasteiger charge is -2.32. The molecule has 0 aromatic carbocycles. The van der Waals surface area contributed by atoms with Crippen LogP contribution in [-0.2, 0) is 18.4 Å². The number of aliphatic hydroxyl groups is 1. The standard InChI is InChI=1S/C17H25N3O2S/c1-19-10-15(9-18-19)14-4-6-20(7-5-14)11-16(21)12-22-13-17-3-2-8-23-17/h2-3,8-10,14,16,21H,4-7,11-13H2,1H3/t16-/m0/s1. The minimum Gasteiger partial charge on any atom is -0.389 e. The van der Waals surface area contributed by atoms with Gasteiger partial charge in [0.05, 0.1) is 25.5 Å². The lowest BCUT2D eigenvalue weighted by Crippen LogP contribution is -2.39. The van der Waals surface area contributed by atoms with E-state index >= 15 is 0 Å². The van der Waals surface area contributed by atoms with Crippen molar-refractivity contribution in [1.29, 1.82) is 0 Å². The van der Waals surface area contributed by atoms with Gasteiger partial charge >= 0.3 is 0 Å². The summed E-state index contributed by atoms with van der Waals surface area (Å²) in [6, 6.07) is 4.08. The van der Waals surface area contributed by atoms with Crippen molar-refractivity contribution in [1.82, 2.24) is 14.7 Å². The molecule has 1 fully saturated rings. The molecule has 1 N–H and O–H groups in total. The summed E-state index contributed by atoms with van der Waals surface area (Å²) in [5.74, 6) is 0.604. The highest BCUT2D eigenvalue weighted by molar-refractivity contribution is 7.09. The summed E-state index contributed by atoms with van der Waals surface area (Å²) in [5.41, 5.74) is 1.34. The number of likely N-dealkylation sites (tertiary alicyclic amines) is 1. The summed E-state index contributed by atoms with van der Waals surface area (Å²) in [4.78, 5) is 3.54. The third kappa shape index (κ3) is 4.88. The van der Waals surface area contributed by atoms with Gasteiger partial charge in [-0.25, -0.2) is 0 Å². The Kier molecular flexibility index (Phi) is 5.83. The molecule has 0 aliphatic carbocycles. The zero-order valence-corrected chi connectivity index (χ0v) is 14.4. The van der Waals surface area contributed by atoms with Crippen molar-refractivity contribution in [2.45, 2.75) is 31.5 Å². The first kappa shape index (κ1) is 16.6. The van der Waals surface area contributed by atoms with Gasteiger partial charge in [0.1, 0.15) is 0 Å². The van der Waals surface area contributed by atoms with E-state index in [1.54, 1.807) is 11.3 Å². The Hall–Kier alpha value is -1.21. The Balaban J connectivity index is 1.35. The molecule has 0 amide bonds. The van der Waals surface area contributed by atoms with Crippen molar-refractivity contribution in [3.05, 3.63) is 40.3 Å². The van der Waals surface area contributed by atoms with Gasteiger partial charge in [-0.3, -0.25) is 4.68 Å². The van der Waals surface area contributed by atoms with Crippen LogP contribution in [-0.4, -0.2) is 52.1 Å². The Morgan fingerprint density at radius 1 is 1.43 bits per heavy atom. The number of nitrogens with zero attached hydrogens (tertiary/aromatic N) is 3. The molecule has 0 spiro atoms. The van der Waals surface area contributed by atoms with E-state index < -0.39 is 6.10 Å². The van der Waals surface area contributed by atoms with Crippen LogP contribution < -0.4 is 0 Å². The molecule has 1 aliphatic heterocycles. The van der Waals surface area contributed by atoms with Crippen LogP contribution in [0.2, 0.25) is 0 Å². The van der Waals surface area contributed by atoms with Crippen LogP contribution in [0.15, 0.2) is 29.9 Å². The van der Waals surface area contributed by atoms with Crippen LogP contribution in [0.4, 0.5) is 0 Å². The van der Waals surface area contributed by atoms with Crippen LogP contribution in [0.1, 0.15) is 29.2 Å². The molecule has 2 aromatic heterocycles. The highest BCUT2D eigenvalue weighted by atomic mass is 32.1. The fraction of sp³-hybridized carbons (Fsp3) is 0.588. The minimum absolute atomic E-state index is 0.403. The highest BCUT2D eigenvalue weighted by Gasteiger charge is 2.23. The summed E-state index contributed by atoms with van der Waals surface area (Å²) >= 11 is 1.69. The zero-order valence-electron chi connectivity index (χ0n) is 13.6. The first-order chi connectivity index (χ1) is 11.2. The summed E-state index contributed by atoms with van der Waals surface area (Å²) in [6.07, 6.45) is 5.95. The quantitative estimate of drug-likeness (QED) is 0.843. The van der Waals surface area contributed by atoms with Crippen LogP contribution in [0.3, 0.4) is 0 Å². The van der Waals surface area contributed by atoms with Crippen molar-refractivity contribution in [3.63, 3.8) is 0 Å². The van der Waals surface area contributed by atoms with Crippen molar-refractivity contribution in [2.24, 2.45) is 7.05 Å². The molecule has 1 saturated heterocycles. The van der Waals surface area contributed by atoms with E-state index in [4.69, 9.17) is 4.74 Å². The van der Waals surface area contributed by atoms with Crippen molar-refractivity contribution < 1.29 is 9.84 Å². The molecule has 1 atom stereocenters. The second kappa shape index (κ2) is 8.06. The Bertz CT molecular complexity index is 576. The topological polar surface area (TPSA) is 50.5 Å². The first-order valence-electron chi connectivity index (χ1n) is 8.20. The summed E-state index contributed by atoms with van der Waals surface area (Å²) in [7, 11) is 1.96. The van der Waals surface area contributed by atoms with Gasteiger partial charge in [-0.2, -0.15) is 5.10 Å². The largest absolute Gasteiger partial charge is 0.389 e. The molecule has 0 saturated carbocycles. The van der Waals surface area contributed by atoms with Crippen molar-refractivity contribution in [3.8, 4) is 0 Å². The summed E-state index contributed by atoms with van der Waals surface area (Å²) < 4.78 is 7.47. The average Bonchev–Trinajstić information content (AvgIpc) is 3.20. The van der Waals surface area contributed by atoms with E-state index in [-0.39, 0.29) is 0 Å². The van der Waals surface area contributed by atoms with Crippen LogP contribution in [0.5, 0.6) is 0 Å². The zero-order chi connectivity index (χ0) is 16.1. The Morgan fingerprint density at radius 2 is 2.26 bits per heavy atom. The number of β-amino-alcohol motifs (C(OH)–C–C–N with tert-alkyl or cyclic N) is 1. The number of ether oxygens (including phenoxy) is 1. The maximum atomic E-state index is 10.1. The van der Waals surface area contributed by atoms with Crippen molar-refractivity contribution in [2.75, 3.05) is 26.2 Å². The molecule has 1 aliphatic rings. The molecule has 6 heteroatoms. The van der Waals surface area contributed by atoms with Gasteiger partial charge in [0.15, 0.2) is 0 Å². The fourth-order valence-corrected chi connectivity index (χ4v) is 3.78. The molecule has 5 nitrogen and oxygen atoms in total. The molecule has 2 aromatic rings. The van der Waals surface area contributed by atoms with Gasteiger partial charge in [-0.05, 0) is 48.9 Å².